The molecule has 0 bridgehead atoms. The second kappa shape index (κ2) is 6.27. The number of amides is 1. The number of hydrogen-bond acceptors (Lipinski definition) is 3. The van der Waals surface area contributed by atoms with Crippen LogP contribution in [0.1, 0.15) is 21.6 Å². The highest BCUT2D eigenvalue weighted by molar-refractivity contribution is 5.94. The summed E-state index contributed by atoms with van der Waals surface area (Å²) in [7, 11) is 0. The summed E-state index contributed by atoms with van der Waals surface area (Å²) >= 11 is 0. The van der Waals surface area contributed by atoms with E-state index in [1.807, 2.05) is 0 Å². The van der Waals surface area contributed by atoms with E-state index in [2.05, 4.69) is 15.3 Å². The zero-order valence-corrected chi connectivity index (χ0v) is 12.3. The summed E-state index contributed by atoms with van der Waals surface area (Å²) in [4.78, 5) is 20.3. The summed E-state index contributed by atoms with van der Waals surface area (Å²) in [5.74, 6) is -0.395. The molecule has 0 spiro atoms. The van der Waals surface area contributed by atoms with E-state index in [4.69, 9.17) is 0 Å². The second-order valence-electron chi connectivity index (χ2n) is 5.14. The van der Waals surface area contributed by atoms with Gasteiger partial charge >= 0.3 is 6.18 Å². The van der Waals surface area contributed by atoms with Crippen molar-refractivity contribution in [2.75, 3.05) is 0 Å². The Morgan fingerprint density at radius 2 is 1.79 bits per heavy atom. The van der Waals surface area contributed by atoms with Crippen LogP contribution in [-0.4, -0.2) is 15.9 Å². The van der Waals surface area contributed by atoms with Gasteiger partial charge in [0.2, 0.25) is 0 Å². The minimum absolute atomic E-state index is 0.118. The van der Waals surface area contributed by atoms with Gasteiger partial charge in [-0.3, -0.25) is 9.78 Å². The summed E-state index contributed by atoms with van der Waals surface area (Å²) in [6, 6.07) is 9.66. The first-order valence-electron chi connectivity index (χ1n) is 7.08. The van der Waals surface area contributed by atoms with E-state index in [0.29, 0.717) is 11.1 Å². The molecule has 1 amide bonds. The van der Waals surface area contributed by atoms with Crippen molar-refractivity contribution in [3.8, 4) is 0 Å². The van der Waals surface area contributed by atoms with Crippen molar-refractivity contribution in [1.29, 1.82) is 0 Å². The summed E-state index contributed by atoms with van der Waals surface area (Å²) in [5.41, 5.74) is 0.733. The Labute approximate surface area is 135 Å². The zero-order valence-electron chi connectivity index (χ0n) is 12.3. The molecule has 0 atom stereocenters. The third-order valence-corrected chi connectivity index (χ3v) is 3.46. The molecule has 0 aliphatic heterocycles. The average Bonchev–Trinajstić information content (AvgIpc) is 2.59. The Bertz CT molecular complexity index is 876. The molecule has 0 fully saturated rings. The molecule has 3 rings (SSSR count). The molecule has 2 heterocycles. The molecule has 0 aliphatic rings. The van der Waals surface area contributed by atoms with Gasteiger partial charge in [0, 0.05) is 24.3 Å². The van der Waals surface area contributed by atoms with Crippen LogP contribution >= 0.6 is 0 Å². The molecule has 7 heteroatoms. The molecular weight excluding hydrogens is 319 g/mol. The van der Waals surface area contributed by atoms with Crippen LogP contribution < -0.4 is 5.32 Å². The SMILES string of the molecule is O=C(NCc1ccc(C(F)(F)F)cc1)c1ccc2cnccc2n1. The fourth-order valence-corrected chi connectivity index (χ4v) is 2.18. The molecule has 2 aromatic heterocycles. The number of hydrogen-bond donors (Lipinski definition) is 1. The van der Waals surface area contributed by atoms with Gasteiger partial charge in [0.25, 0.3) is 5.91 Å². The largest absolute Gasteiger partial charge is 0.416 e. The van der Waals surface area contributed by atoms with Gasteiger partial charge in [-0.05, 0) is 35.9 Å². The van der Waals surface area contributed by atoms with Crippen molar-refractivity contribution in [2.24, 2.45) is 0 Å². The molecule has 0 saturated carbocycles. The maximum Gasteiger partial charge on any atom is 0.416 e. The Balaban J connectivity index is 1.68. The van der Waals surface area contributed by atoms with Crippen LogP contribution in [0.4, 0.5) is 13.2 Å². The van der Waals surface area contributed by atoms with E-state index in [-0.39, 0.29) is 12.2 Å². The Morgan fingerprint density at radius 3 is 2.50 bits per heavy atom. The van der Waals surface area contributed by atoms with E-state index >= 15 is 0 Å². The first kappa shape index (κ1) is 15.9. The number of nitrogens with one attached hydrogen (secondary N) is 1. The average molecular weight is 331 g/mol. The number of pyridine rings is 2. The lowest BCUT2D eigenvalue weighted by Crippen LogP contribution is -2.23. The van der Waals surface area contributed by atoms with Crippen LogP contribution in [0, 0.1) is 0 Å². The molecule has 1 N–H and O–H groups in total. The minimum atomic E-state index is -4.37. The molecule has 3 aromatic rings. The molecule has 0 saturated heterocycles. The van der Waals surface area contributed by atoms with Gasteiger partial charge in [-0.1, -0.05) is 12.1 Å². The van der Waals surface area contributed by atoms with Crippen LogP contribution in [0.5, 0.6) is 0 Å². The van der Waals surface area contributed by atoms with E-state index in [0.717, 1.165) is 17.5 Å². The summed E-state index contributed by atoms with van der Waals surface area (Å²) in [5, 5.41) is 3.46. The number of carbonyl (C=O) groups is 1. The molecule has 1 aromatic carbocycles. The molecular formula is C17H12F3N3O. The van der Waals surface area contributed by atoms with Gasteiger partial charge < -0.3 is 5.32 Å². The first-order valence-corrected chi connectivity index (χ1v) is 7.08. The van der Waals surface area contributed by atoms with Gasteiger partial charge in [0.15, 0.2) is 0 Å². The fraction of sp³-hybridized carbons (Fsp3) is 0.118. The summed E-state index contributed by atoms with van der Waals surface area (Å²) < 4.78 is 37.5. The van der Waals surface area contributed by atoms with Gasteiger partial charge in [-0.15, -0.1) is 0 Å². The van der Waals surface area contributed by atoms with E-state index in [1.54, 1.807) is 30.6 Å². The number of aromatic nitrogens is 2. The number of nitrogens with zero attached hydrogens (tertiary/aromatic N) is 2. The topological polar surface area (TPSA) is 54.9 Å². The van der Waals surface area contributed by atoms with E-state index in [1.165, 1.54) is 12.1 Å². The van der Waals surface area contributed by atoms with Crippen molar-refractivity contribution in [2.45, 2.75) is 12.7 Å². The van der Waals surface area contributed by atoms with Crippen LogP contribution in [0.25, 0.3) is 10.9 Å². The van der Waals surface area contributed by atoms with E-state index in [9.17, 15) is 18.0 Å². The Morgan fingerprint density at radius 1 is 1.04 bits per heavy atom. The first-order chi connectivity index (χ1) is 11.4. The highest BCUT2D eigenvalue weighted by Crippen LogP contribution is 2.29. The smallest absolute Gasteiger partial charge is 0.347 e. The highest BCUT2D eigenvalue weighted by Gasteiger charge is 2.29. The third kappa shape index (κ3) is 3.51. The van der Waals surface area contributed by atoms with E-state index < -0.39 is 17.6 Å². The maximum atomic E-state index is 12.5. The number of carbonyl (C=O) groups excluding carboxylic acids is 1. The van der Waals surface area contributed by atoms with Crippen molar-refractivity contribution in [1.82, 2.24) is 15.3 Å². The van der Waals surface area contributed by atoms with Crippen LogP contribution in [-0.2, 0) is 12.7 Å². The standard InChI is InChI=1S/C17H12F3N3O/c18-17(19,20)13-4-1-11(2-5-13)9-22-16(24)15-6-3-12-10-21-8-7-14(12)23-15/h1-8,10H,9H2,(H,22,24). The highest BCUT2D eigenvalue weighted by atomic mass is 19.4. The molecule has 122 valence electrons. The molecule has 0 radical (unpaired) electrons. The Hall–Kier alpha value is -2.96. The molecule has 0 unspecified atom stereocenters. The van der Waals surface area contributed by atoms with Gasteiger partial charge in [-0.25, -0.2) is 4.98 Å². The fourth-order valence-electron chi connectivity index (χ4n) is 2.18. The van der Waals surface area contributed by atoms with Crippen molar-refractivity contribution >= 4 is 16.8 Å². The van der Waals surface area contributed by atoms with Crippen LogP contribution in [0.3, 0.4) is 0 Å². The number of fused-ring (bicyclic) bond motifs is 1. The maximum absolute atomic E-state index is 12.5. The van der Waals surface area contributed by atoms with Gasteiger partial charge in [-0.2, -0.15) is 13.2 Å². The predicted molar refractivity (Wildman–Crippen MR) is 82.2 cm³/mol. The second-order valence-corrected chi connectivity index (χ2v) is 5.14. The lowest BCUT2D eigenvalue weighted by Gasteiger charge is -2.08. The number of halogens is 3. The van der Waals surface area contributed by atoms with Crippen molar-refractivity contribution in [3.63, 3.8) is 0 Å². The summed E-state index contributed by atoms with van der Waals surface area (Å²) in [6.07, 6.45) is -1.14. The lowest BCUT2D eigenvalue weighted by atomic mass is 10.1. The number of benzene rings is 1. The third-order valence-electron chi connectivity index (χ3n) is 3.46. The van der Waals surface area contributed by atoms with Crippen LogP contribution in [0.2, 0.25) is 0 Å². The molecule has 0 aliphatic carbocycles. The van der Waals surface area contributed by atoms with Gasteiger partial charge in [0.1, 0.15) is 5.69 Å². The normalized spacial score (nSPS) is 11.5. The minimum Gasteiger partial charge on any atom is -0.347 e. The lowest BCUT2D eigenvalue weighted by molar-refractivity contribution is -0.137. The monoisotopic (exact) mass is 331 g/mol. The number of rotatable bonds is 3. The number of alkyl halides is 3. The van der Waals surface area contributed by atoms with Crippen molar-refractivity contribution in [3.05, 3.63) is 71.7 Å². The zero-order chi connectivity index (χ0) is 17.2. The van der Waals surface area contributed by atoms with Gasteiger partial charge in [0.05, 0.1) is 11.1 Å². The quantitative estimate of drug-likeness (QED) is 0.798. The van der Waals surface area contributed by atoms with Crippen LogP contribution in [0.15, 0.2) is 54.9 Å². The Kier molecular flexibility index (Phi) is 4.16. The molecule has 24 heavy (non-hydrogen) atoms. The van der Waals surface area contributed by atoms with Crippen molar-refractivity contribution < 1.29 is 18.0 Å². The molecule has 4 nitrogen and oxygen atoms in total. The predicted octanol–water partition coefficient (Wildman–Crippen LogP) is 3.58. The summed E-state index contributed by atoms with van der Waals surface area (Å²) in [6.45, 7) is 0.118.